The minimum atomic E-state index is 0.431. The van der Waals surface area contributed by atoms with Crippen LogP contribution in [-0.4, -0.2) is 16.0 Å². The van der Waals surface area contributed by atoms with Crippen LogP contribution < -0.4 is 11.1 Å². The van der Waals surface area contributed by atoms with E-state index in [9.17, 15) is 0 Å². The van der Waals surface area contributed by atoms with Crippen molar-refractivity contribution in [1.82, 2.24) is 9.97 Å². The molecule has 1 aliphatic carbocycles. The van der Waals surface area contributed by atoms with Crippen LogP contribution in [0.25, 0.3) is 0 Å². The van der Waals surface area contributed by atoms with Crippen LogP contribution >= 0.6 is 0 Å². The van der Waals surface area contributed by atoms with E-state index in [1.54, 1.807) is 0 Å². The van der Waals surface area contributed by atoms with Gasteiger partial charge in [-0.05, 0) is 31.1 Å². The molecule has 1 unspecified atom stereocenters. The quantitative estimate of drug-likeness (QED) is 0.873. The van der Waals surface area contributed by atoms with Crippen LogP contribution in [0.15, 0.2) is 6.07 Å². The number of nitrogens with one attached hydrogen (secondary N) is 1. The van der Waals surface area contributed by atoms with Crippen molar-refractivity contribution < 1.29 is 0 Å². The van der Waals surface area contributed by atoms with Gasteiger partial charge in [-0.2, -0.15) is 0 Å². The second-order valence-corrected chi connectivity index (χ2v) is 6.45. The average Bonchev–Trinajstić information content (AvgIpc) is 2.26. The van der Waals surface area contributed by atoms with Gasteiger partial charge in [0.2, 0.25) is 0 Å². The van der Waals surface area contributed by atoms with Gasteiger partial charge >= 0.3 is 0 Å². The SMILES string of the molecule is CCCc1nc(N)cc(NC2CCCC(C)(C)C2)n1. The maximum absolute atomic E-state index is 5.86. The summed E-state index contributed by atoms with van der Waals surface area (Å²) in [7, 11) is 0. The van der Waals surface area contributed by atoms with Crippen molar-refractivity contribution in [2.45, 2.75) is 65.3 Å². The van der Waals surface area contributed by atoms with Crippen LogP contribution in [0.5, 0.6) is 0 Å². The summed E-state index contributed by atoms with van der Waals surface area (Å²) >= 11 is 0. The van der Waals surface area contributed by atoms with E-state index in [-0.39, 0.29) is 0 Å². The highest BCUT2D eigenvalue weighted by Crippen LogP contribution is 2.36. The zero-order chi connectivity index (χ0) is 13.9. The standard InChI is InChI=1S/C15H26N4/c1-4-6-13-18-12(16)9-14(19-13)17-11-7-5-8-15(2,3)10-11/h9,11H,4-8,10H2,1-3H3,(H3,16,17,18,19). The zero-order valence-corrected chi connectivity index (χ0v) is 12.4. The lowest BCUT2D eigenvalue weighted by molar-refractivity contribution is 0.229. The van der Waals surface area contributed by atoms with Crippen LogP contribution in [0.1, 0.15) is 58.7 Å². The van der Waals surface area contributed by atoms with Gasteiger partial charge in [0.05, 0.1) is 0 Å². The fourth-order valence-corrected chi connectivity index (χ4v) is 2.96. The van der Waals surface area contributed by atoms with Gasteiger partial charge in [0, 0.05) is 18.5 Å². The Morgan fingerprint density at radius 1 is 1.42 bits per heavy atom. The maximum atomic E-state index is 5.86. The lowest BCUT2D eigenvalue weighted by Gasteiger charge is -2.35. The second kappa shape index (κ2) is 5.76. The summed E-state index contributed by atoms with van der Waals surface area (Å²) in [6, 6.07) is 2.35. The van der Waals surface area contributed by atoms with Gasteiger partial charge in [0.25, 0.3) is 0 Å². The summed E-state index contributed by atoms with van der Waals surface area (Å²) in [5.74, 6) is 2.30. The molecule has 1 aliphatic rings. The molecule has 0 aromatic carbocycles. The molecule has 1 atom stereocenters. The zero-order valence-electron chi connectivity index (χ0n) is 12.4. The number of rotatable bonds is 4. The van der Waals surface area contributed by atoms with Gasteiger partial charge in [-0.25, -0.2) is 9.97 Å². The Hall–Kier alpha value is -1.32. The van der Waals surface area contributed by atoms with Crippen molar-refractivity contribution >= 4 is 11.6 Å². The van der Waals surface area contributed by atoms with E-state index < -0.39 is 0 Å². The minimum Gasteiger partial charge on any atom is -0.384 e. The maximum Gasteiger partial charge on any atom is 0.133 e. The molecule has 0 aliphatic heterocycles. The molecule has 1 aromatic rings. The van der Waals surface area contributed by atoms with Crippen molar-refractivity contribution in [3.05, 3.63) is 11.9 Å². The normalized spacial score (nSPS) is 22.2. The molecule has 106 valence electrons. The molecule has 0 radical (unpaired) electrons. The van der Waals surface area contributed by atoms with Crippen LogP contribution in [0, 0.1) is 5.41 Å². The van der Waals surface area contributed by atoms with E-state index in [0.717, 1.165) is 24.5 Å². The molecular weight excluding hydrogens is 236 g/mol. The number of hydrogen-bond acceptors (Lipinski definition) is 4. The summed E-state index contributed by atoms with van der Waals surface area (Å²) in [5.41, 5.74) is 6.29. The number of aromatic nitrogens is 2. The molecule has 1 heterocycles. The Morgan fingerprint density at radius 2 is 2.21 bits per heavy atom. The van der Waals surface area contributed by atoms with E-state index in [1.807, 2.05) is 6.07 Å². The topological polar surface area (TPSA) is 63.8 Å². The van der Waals surface area contributed by atoms with Crippen molar-refractivity contribution in [3.63, 3.8) is 0 Å². The Kier molecular flexibility index (Phi) is 4.27. The van der Waals surface area contributed by atoms with E-state index in [2.05, 4.69) is 36.1 Å². The highest BCUT2D eigenvalue weighted by Gasteiger charge is 2.28. The Bertz CT molecular complexity index is 428. The Morgan fingerprint density at radius 3 is 2.89 bits per heavy atom. The summed E-state index contributed by atoms with van der Waals surface area (Å²) in [4.78, 5) is 8.83. The first-order valence-corrected chi connectivity index (χ1v) is 7.38. The molecule has 1 saturated carbocycles. The van der Waals surface area contributed by atoms with Crippen LogP contribution in [-0.2, 0) is 6.42 Å². The van der Waals surface area contributed by atoms with E-state index in [0.29, 0.717) is 17.3 Å². The van der Waals surface area contributed by atoms with E-state index in [4.69, 9.17) is 5.73 Å². The molecular formula is C15H26N4. The first-order valence-electron chi connectivity index (χ1n) is 7.38. The fourth-order valence-electron chi connectivity index (χ4n) is 2.96. The predicted molar refractivity (Wildman–Crippen MR) is 80.1 cm³/mol. The van der Waals surface area contributed by atoms with Gasteiger partial charge in [-0.15, -0.1) is 0 Å². The molecule has 19 heavy (non-hydrogen) atoms. The molecule has 0 amide bonds. The van der Waals surface area contributed by atoms with Gasteiger partial charge in [0.1, 0.15) is 17.5 Å². The van der Waals surface area contributed by atoms with Gasteiger partial charge in [-0.3, -0.25) is 0 Å². The van der Waals surface area contributed by atoms with Crippen LogP contribution in [0.3, 0.4) is 0 Å². The van der Waals surface area contributed by atoms with Crippen LogP contribution in [0.4, 0.5) is 11.6 Å². The van der Waals surface area contributed by atoms with Gasteiger partial charge < -0.3 is 11.1 Å². The minimum absolute atomic E-state index is 0.431. The largest absolute Gasteiger partial charge is 0.384 e. The molecule has 1 aromatic heterocycles. The molecule has 0 bridgehead atoms. The van der Waals surface area contributed by atoms with Crippen molar-refractivity contribution in [2.24, 2.45) is 5.41 Å². The summed E-state index contributed by atoms with van der Waals surface area (Å²) in [6.07, 6.45) is 6.94. The highest BCUT2D eigenvalue weighted by atomic mass is 15.1. The Labute approximate surface area is 116 Å². The predicted octanol–water partition coefficient (Wildman–Crippen LogP) is 3.39. The number of aryl methyl sites for hydroxylation is 1. The van der Waals surface area contributed by atoms with Crippen molar-refractivity contribution in [2.75, 3.05) is 11.1 Å². The smallest absolute Gasteiger partial charge is 0.133 e. The first-order chi connectivity index (χ1) is 8.98. The number of nitrogens with two attached hydrogens (primary N) is 1. The lowest BCUT2D eigenvalue weighted by atomic mass is 9.75. The molecule has 0 spiro atoms. The van der Waals surface area contributed by atoms with Crippen molar-refractivity contribution in [3.8, 4) is 0 Å². The third-order valence-electron chi connectivity index (χ3n) is 3.82. The second-order valence-electron chi connectivity index (χ2n) is 6.45. The van der Waals surface area contributed by atoms with Crippen LogP contribution in [0.2, 0.25) is 0 Å². The number of hydrogen-bond donors (Lipinski definition) is 2. The highest BCUT2D eigenvalue weighted by molar-refractivity contribution is 5.45. The average molecular weight is 262 g/mol. The molecule has 3 N–H and O–H groups in total. The summed E-state index contributed by atoms with van der Waals surface area (Å²) < 4.78 is 0. The van der Waals surface area contributed by atoms with Gasteiger partial charge in [-0.1, -0.05) is 27.2 Å². The molecule has 0 saturated heterocycles. The van der Waals surface area contributed by atoms with Crippen molar-refractivity contribution in [1.29, 1.82) is 0 Å². The monoisotopic (exact) mass is 262 g/mol. The number of nitrogen functional groups attached to an aromatic ring is 1. The molecule has 4 heteroatoms. The number of anilines is 2. The Balaban J connectivity index is 2.06. The summed E-state index contributed by atoms with van der Waals surface area (Å²) in [5, 5.41) is 3.54. The summed E-state index contributed by atoms with van der Waals surface area (Å²) in [6.45, 7) is 6.82. The molecule has 2 rings (SSSR count). The van der Waals surface area contributed by atoms with E-state index in [1.165, 1.54) is 25.7 Å². The van der Waals surface area contributed by atoms with E-state index >= 15 is 0 Å². The third-order valence-corrected chi connectivity index (χ3v) is 3.82. The fraction of sp³-hybridized carbons (Fsp3) is 0.733. The first kappa shape index (κ1) is 14.1. The van der Waals surface area contributed by atoms with Gasteiger partial charge in [0.15, 0.2) is 0 Å². The third kappa shape index (κ3) is 4.08. The lowest BCUT2D eigenvalue weighted by Crippen LogP contribution is -2.32. The molecule has 1 fully saturated rings. The molecule has 4 nitrogen and oxygen atoms in total. The number of nitrogens with zero attached hydrogens (tertiary/aromatic N) is 2.